The lowest BCUT2D eigenvalue weighted by Crippen LogP contribution is -2.35. The predicted molar refractivity (Wildman–Crippen MR) is 101 cm³/mol. The molecule has 0 unspecified atom stereocenters. The normalized spacial score (nSPS) is 29.2. The maximum Gasteiger partial charge on any atom is 0.254 e. The van der Waals surface area contributed by atoms with E-state index in [2.05, 4.69) is 25.9 Å². The first-order chi connectivity index (χ1) is 12.5. The van der Waals surface area contributed by atoms with Crippen molar-refractivity contribution in [1.82, 2.24) is 15.3 Å². The summed E-state index contributed by atoms with van der Waals surface area (Å²) in [7, 11) is 2.00. The van der Waals surface area contributed by atoms with Crippen LogP contribution in [0.5, 0.6) is 0 Å². The van der Waals surface area contributed by atoms with E-state index in [9.17, 15) is 9.90 Å². The van der Waals surface area contributed by atoms with Crippen LogP contribution in [0.2, 0.25) is 0 Å². The van der Waals surface area contributed by atoms with E-state index in [1.165, 1.54) is 6.20 Å². The van der Waals surface area contributed by atoms with Gasteiger partial charge < -0.3 is 26.8 Å². The Labute approximate surface area is 154 Å². The molecule has 0 aliphatic heterocycles. The van der Waals surface area contributed by atoms with Crippen molar-refractivity contribution in [3.63, 3.8) is 0 Å². The zero-order valence-corrected chi connectivity index (χ0v) is 15.4. The fourth-order valence-electron chi connectivity index (χ4n) is 3.94. The average Bonchev–Trinajstić information content (AvgIpc) is 2.62. The highest BCUT2D eigenvalue weighted by molar-refractivity contribution is 5.97. The molecule has 0 saturated heterocycles. The van der Waals surface area contributed by atoms with E-state index in [0.29, 0.717) is 30.3 Å². The molecular weight excluding hydrogens is 332 g/mol. The Balaban J connectivity index is 1.68. The molecule has 0 radical (unpaired) electrons. The largest absolute Gasteiger partial charge is 0.393 e. The third kappa shape index (κ3) is 4.82. The number of hydrogen-bond acceptors (Lipinski definition) is 7. The van der Waals surface area contributed by atoms with Crippen molar-refractivity contribution in [3.8, 4) is 0 Å². The zero-order chi connectivity index (χ0) is 18.5. The summed E-state index contributed by atoms with van der Waals surface area (Å²) in [4.78, 5) is 20.5. The Hall–Kier alpha value is -1.93. The second-order valence-corrected chi connectivity index (χ2v) is 7.46. The van der Waals surface area contributed by atoms with Crippen molar-refractivity contribution in [3.05, 3.63) is 11.8 Å². The van der Waals surface area contributed by atoms with Crippen LogP contribution in [0.1, 0.15) is 61.7 Å². The van der Waals surface area contributed by atoms with Crippen molar-refractivity contribution >= 4 is 17.7 Å². The molecule has 3 rings (SSSR count). The van der Waals surface area contributed by atoms with Crippen LogP contribution in [0, 0.1) is 0 Å². The Morgan fingerprint density at radius 3 is 2.50 bits per heavy atom. The molecule has 0 bridgehead atoms. The van der Waals surface area contributed by atoms with Gasteiger partial charge in [-0.15, -0.1) is 0 Å². The van der Waals surface area contributed by atoms with Crippen LogP contribution in [-0.2, 0) is 0 Å². The Bertz CT molecular complexity index is 618. The van der Waals surface area contributed by atoms with Gasteiger partial charge in [-0.2, -0.15) is 4.98 Å². The zero-order valence-electron chi connectivity index (χ0n) is 15.4. The van der Waals surface area contributed by atoms with Gasteiger partial charge in [-0.3, -0.25) is 4.79 Å². The van der Waals surface area contributed by atoms with Crippen LogP contribution in [0.25, 0.3) is 0 Å². The second kappa shape index (κ2) is 8.64. The Morgan fingerprint density at radius 1 is 1.12 bits per heavy atom. The molecule has 1 aromatic heterocycles. The Kier molecular flexibility index (Phi) is 6.26. The number of nitrogens with two attached hydrogens (primary N) is 1. The van der Waals surface area contributed by atoms with Gasteiger partial charge in [0.05, 0.1) is 11.7 Å². The summed E-state index contributed by atoms with van der Waals surface area (Å²) >= 11 is 0. The molecule has 1 aromatic rings. The summed E-state index contributed by atoms with van der Waals surface area (Å²) in [6.45, 7) is 0. The summed E-state index contributed by atoms with van der Waals surface area (Å²) in [5, 5.41) is 19.9. The summed E-state index contributed by atoms with van der Waals surface area (Å²) in [5.74, 6) is 0.421. The smallest absolute Gasteiger partial charge is 0.254 e. The van der Waals surface area contributed by atoms with Gasteiger partial charge >= 0.3 is 0 Å². The molecule has 1 amide bonds. The second-order valence-electron chi connectivity index (χ2n) is 7.46. The van der Waals surface area contributed by atoms with Crippen molar-refractivity contribution in [1.29, 1.82) is 0 Å². The van der Waals surface area contributed by atoms with Gasteiger partial charge in [0.25, 0.3) is 5.91 Å². The SMILES string of the molecule is CN[C@H]1CC[C@H](Nc2ncc(C(N)=O)c(N[C@@H]3CCC[C@H](O)C3)n2)CC1. The molecule has 144 valence electrons. The summed E-state index contributed by atoms with van der Waals surface area (Å²) in [5.41, 5.74) is 5.76. The molecule has 8 nitrogen and oxygen atoms in total. The highest BCUT2D eigenvalue weighted by Gasteiger charge is 2.24. The standard InChI is InChI=1S/C18H30N6O2/c1-20-11-5-7-12(8-6-11)23-18-21-10-15(16(19)26)17(24-18)22-13-3-2-4-14(25)9-13/h10-14,20,25H,2-9H2,1H3,(H2,19,26)(H2,21,22,23,24)/t11-,12-,13-,14+/m1/s1. The summed E-state index contributed by atoms with van der Waals surface area (Å²) in [6, 6.07) is 1.01. The van der Waals surface area contributed by atoms with Gasteiger partial charge in [-0.25, -0.2) is 4.98 Å². The van der Waals surface area contributed by atoms with E-state index < -0.39 is 5.91 Å². The molecule has 2 saturated carbocycles. The van der Waals surface area contributed by atoms with Gasteiger partial charge in [0, 0.05) is 24.3 Å². The van der Waals surface area contributed by atoms with E-state index >= 15 is 0 Å². The van der Waals surface area contributed by atoms with E-state index in [-0.39, 0.29) is 17.7 Å². The highest BCUT2D eigenvalue weighted by Crippen LogP contribution is 2.25. The number of amides is 1. The quantitative estimate of drug-likeness (QED) is 0.515. The number of aliphatic hydroxyl groups is 1. The maximum atomic E-state index is 11.7. The van der Waals surface area contributed by atoms with Gasteiger partial charge in [-0.05, 0) is 58.4 Å². The summed E-state index contributed by atoms with van der Waals surface area (Å²) in [6.07, 6.45) is 8.92. The third-order valence-electron chi connectivity index (χ3n) is 5.51. The van der Waals surface area contributed by atoms with Crippen molar-refractivity contribution in [2.45, 2.75) is 75.6 Å². The predicted octanol–water partition coefficient (Wildman–Crippen LogP) is 1.23. The number of primary amides is 1. The molecule has 2 aliphatic carbocycles. The number of rotatable bonds is 6. The molecule has 2 aliphatic rings. The third-order valence-corrected chi connectivity index (χ3v) is 5.51. The summed E-state index contributed by atoms with van der Waals surface area (Å²) < 4.78 is 0. The first-order valence-corrected chi connectivity index (χ1v) is 9.60. The lowest BCUT2D eigenvalue weighted by Gasteiger charge is -2.29. The van der Waals surface area contributed by atoms with Gasteiger partial charge in [0.1, 0.15) is 5.82 Å². The number of carbonyl (C=O) groups excluding carboxylic acids is 1. The number of hydrogen-bond donors (Lipinski definition) is 5. The minimum atomic E-state index is -0.551. The van der Waals surface area contributed by atoms with E-state index in [4.69, 9.17) is 5.73 Å². The minimum absolute atomic E-state index is 0.0886. The van der Waals surface area contributed by atoms with E-state index in [1.807, 2.05) is 7.05 Å². The van der Waals surface area contributed by atoms with Crippen molar-refractivity contribution in [2.24, 2.45) is 5.73 Å². The van der Waals surface area contributed by atoms with Crippen LogP contribution in [0.4, 0.5) is 11.8 Å². The molecule has 8 heteroatoms. The number of nitrogens with one attached hydrogen (secondary N) is 3. The highest BCUT2D eigenvalue weighted by atomic mass is 16.3. The van der Waals surface area contributed by atoms with Crippen LogP contribution in [-0.4, -0.2) is 52.3 Å². The first kappa shape index (κ1) is 18.8. The number of nitrogens with zero attached hydrogens (tertiary/aromatic N) is 2. The van der Waals surface area contributed by atoms with Crippen LogP contribution < -0.4 is 21.7 Å². The van der Waals surface area contributed by atoms with Gasteiger partial charge in [0.2, 0.25) is 5.95 Å². The number of aromatic nitrogens is 2. The van der Waals surface area contributed by atoms with Crippen molar-refractivity contribution in [2.75, 3.05) is 17.7 Å². The number of carbonyl (C=O) groups is 1. The van der Waals surface area contributed by atoms with Gasteiger partial charge in [0.15, 0.2) is 0 Å². The minimum Gasteiger partial charge on any atom is -0.393 e. The van der Waals surface area contributed by atoms with E-state index in [1.54, 1.807) is 0 Å². The topological polar surface area (TPSA) is 125 Å². The van der Waals surface area contributed by atoms with Gasteiger partial charge in [-0.1, -0.05) is 0 Å². The lowest BCUT2D eigenvalue weighted by atomic mass is 9.91. The van der Waals surface area contributed by atoms with Crippen LogP contribution >= 0.6 is 0 Å². The van der Waals surface area contributed by atoms with Crippen LogP contribution in [0.3, 0.4) is 0 Å². The Morgan fingerprint density at radius 2 is 1.85 bits per heavy atom. The first-order valence-electron chi connectivity index (χ1n) is 9.60. The molecule has 1 heterocycles. The molecule has 0 aromatic carbocycles. The van der Waals surface area contributed by atoms with Crippen LogP contribution in [0.15, 0.2) is 6.20 Å². The molecular formula is C18H30N6O2. The maximum absolute atomic E-state index is 11.7. The molecule has 2 atom stereocenters. The van der Waals surface area contributed by atoms with Crippen molar-refractivity contribution < 1.29 is 9.90 Å². The molecule has 2 fully saturated rings. The number of aliphatic hydroxyl groups excluding tert-OH is 1. The molecule has 6 N–H and O–H groups in total. The lowest BCUT2D eigenvalue weighted by molar-refractivity contribution is 0.100. The fourth-order valence-corrected chi connectivity index (χ4v) is 3.94. The average molecular weight is 362 g/mol. The molecule has 0 spiro atoms. The fraction of sp³-hybridized carbons (Fsp3) is 0.722. The number of anilines is 2. The molecule has 26 heavy (non-hydrogen) atoms. The van der Waals surface area contributed by atoms with E-state index in [0.717, 1.165) is 44.9 Å². The monoisotopic (exact) mass is 362 g/mol.